The summed E-state index contributed by atoms with van der Waals surface area (Å²) in [7, 11) is 0. The van der Waals surface area contributed by atoms with Crippen LogP contribution in [0.3, 0.4) is 0 Å². The lowest BCUT2D eigenvalue weighted by Crippen LogP contribution is -2.34. The Balaban J connectivity index is 3.16. The molecule has 5 heteroatoms. The second-order valence-electron chi connectivity index (χ2n) is 3.33. The summed E-state index contributed by atoms with van der Waals surface area (Å²) < 4.78 is 0. The fourth-order valence-electron chi connectivity index (χ4n) is 1.11. The zero-order chi connectivity index (χ0) is 11.5. The second kappa shape index (κ2) is 9.45. The normalized spacial score (nSPS) is 9.93. The number of carboxylic acid groups (broad SMARTS) is 1. The molecular weight excluding hydrogens is 196 g/mol. The van der Waals surface area contributed by atoms with Crippen molar-refractivity contribution in [3.63, 3.8) is 0 Å². The van der Waals surface area contributed by atoms with Gasteiger partial charge in [0.25, 0.3) is 0 Å². The van der Waals surface area contributed by atoms with Crippen molar-refractivity contribution in [3.8, 4) is 0 Å². The Labute approximate surface area is 90.2 Å². The van der Waals surface area contributed by atoms with E-state index < -0.39 is 5.97 Å². The summed E-state index contributed by atoms with van der Waals surface area (Å²) in [4.78, 5) is 21.3. The average Bonchev–Trinajstić information content (AvgIpc) is 2.19. The Hall–Kier alpha value is -1.10. The van der Waals surface area contributed by atoms with Gasteiger partial charge in [-0.3, -0.25) is 9.59 Å². The van der Waals surface area contributed by atoms with E-state index in [-0.39, 0.29) is 12.3 Å². The highest BCUT2D eigenvalue weighted by molar-refractivity contribution is 5.77. The maximum atomic E-state index is 11.1. The molecule has 5 nitrogen and oxygen atoms in total. The van der Waals surface area contributed by atoms with E-state index in [1.807, 2.05) is 6.92 Å². The number of hydrogen-bond donors (Lipinski definition) is 3. The lowest BCUT2D eigenvalue weighted by atomic mass is 10.2. The van der Waals surface area contributed by atoms with Crippen LogP contribution in [0.2, 0.25) is 0 Å². The number of carboxylic acids is 1. The van der Waals surface area contributed by atoms with Gasteiger partial charge in [0.2, 0.25) is 5.91 Å². The van der Waals surface area contributed by atoms with E-state index in [0.717, 1.165) is 19.4 Å². The van der Waals surface area contributed by atoms with Crippen molar-refractivity contribution in [1.29, 1.82) is 0 Å². The van der Waals surface area contributed by atoms with E-state index in [9.17, 15) is 9.59 Å². The first-order valence-corrected chi connectivity index (χ1v) is 5.36. The molecule has 0 aliphatic carbocycles. The fourth-order valence-corrected chi connectivity index (χ4v) is 1.11. The first-order valence-electron chi connectivity index (χ1n) is 5.36. The molecule has 3 N–H and O–H groups in total. The highest BCUT2D eigenvalue weighted by Gasteiger charge is 1.99. The summed E-state index contributed by atoms with van der Waals surface area (Å²) in [5, 5.41) is 14.1. The largest absolute Gasteiger partial charge is 0.481 e. The Bertz CT molecular complexity index is 195. The first kappa shape index (κ1) is 13.9. The maximum Gasteiger partial charge on any atom is 0.303 e. The van der Waals surface area contributed by atoms with Crippen molar-refractivity contribution in [1.82, 2.24) is 10.6 Å². The molecule has 0 fully saturated rings. The first-order chi connectivity index (χ1) is 7.16. The van der Waals surface area contributed by atoms with Crippen molar-refractivity contribution < 1.29 is 14.7 Å². The fraction of sp³-hybridized carbons (Fsp3) is 0.800. The van der Waals surface area contributed by atoms with Gasteiger partial charge in [-0.05, 0) is 19.4 Å². The lowest BCUT2D eigenvalue weighted by Gasteiger charge is -2.04. The van der Waals surface area contributed by atoms with Crippen LogP contribution in [0.1, 0.15) is 32.6 Å². The second-order valence-corrected chi connectivity index (χ2v) is 3.33. The van der Waals surface area contributed by atoms with Gasteiger partial charge in [-0.1, -0.05) is 13.3 Å². The molecule has 0 spiro atoms. The Morgan fingerprint density at radius 1 is 1.20 bits per heavy atom. The molecule has 0 saturated heterocycles. The number of likely N-dealkylation sites (N-methyl/N-ethyl adjacent to an activating group) is 1. The molecule has 0 heterocycles. The van der Waals surface area contributed by atoms with Crippen molar-refractivity contribution in [2.75, 3.05) is 19.6 Å². The maximum absolute atomic E-state index is 11.1. The van der Waals surface area contributed by atoms with E-state index in [0.29, 0.717) is 19.5 Å². The van der Waals surface area contributed by atoms with Crippen LogP contribution in [0, 0.1) is 0 Å². The van der Waals surface area contributed by atoms with E-state index >= 15 is 0 Å². The molecule has 0 rings (SSSR count). The zero-order valence-electron chi connectivity index (χ0n) is 9.21. The summed E-state index contributed by atoms with van der Waals surface area (Å²) in [5.74, 6) is -0.763. The molecule has 0 radical (unpaired) electrons. The Kier molecular flexibility index (Phi) is 8.76. The molecule has 0 aromatic rings. The smallest absolute Gasteiger partial charge is 0.303 e. The molecule has 0 aliphatic rings. The van der Waals surface area contributed by atoms with Gasteiger partial charge in [0.15, 0.2) is 0 Å². The number of amides is 1. The highest BCUT2D eigenvalue weighted by Crippen LogP contribution is 1.98. The summed E-state index contributed by atoms with van der Waals surface area (Å²) in [5.41, 5.74) is 0. The van der Waals surface area contributed by atoms with Crippen LogP contribution >= 0.6 is 0 Å². The molecule has 0 atom stereocenters. The molecule has 0 aromatic heterocycles. The summed E-state index contributed by atoms with van der Waals surface area (Å²) in [6.45, 7) is 3.71. The molecule has 0 aromatic carbocycles. The average molecular weight is 216 g/mol. The van der Waals surface area contributed by atoms with Crippen LogP contribution in [0.4, 0.5) is 0 Å². The predicted octanol–water partition coefficient (Wildman–Crippen LogP) is 0.357. The minimum absolute atomic E-state index is 0.00455. The van der Waals surface area contributed by atoms with Gasteiger partial charge in [-0.25, -0.2) is 0 Å². The summed E-state index contributed by atoms with van der Waals surface area (Å²) in [6, 6.07) is 0. The number of nitrogens with one attached hydrogen (secondary N) is 2. The Morgan fingerprint density at radius 3 is 2.53 bits per heavy atom. The molecule has 0 saturated carbocycles. The van der Waals surface area contributed by atoms with Crippen LogP contribution in [0.15, 0.2) is 0 Å². The third-order valence-electron chi connectivity index (χ3n) is 1.93. The van der Waals surface area contributed by atoms with Crippen LogP contribution < -0.4 is 10.6 Å². The topological polar surface area (TPSA) is 78.4 Å². The van der Waals surface area contributed by atoms with Gasteiger partial charge < -0.3 is 15.7 Å². The van der Waals surface area contributed by atoms with Gasteiger partial charge in [-0.15, -0.1) is 0 Å². The van der Waals surface area contributed by atoms with Gasteiger partial charge >= 0.3 is 5.97 Å². The van der Waals surface area contributed by atoms with Gasteiger partial charge in [-0.2, -0.15) is 0 Å². The monoisotopic (exact) mass is 216 g/mol. The molecular formula is C10H20N2O3. The van der Waals surface area contributed by atoms with Crippen LogP contribution in [-0.4, -0.2) is 36.6 Å². The lowest BCUT2D eigenvalue weighted by molar-refractivity contribution is -0.137. The van der Waals surface area contributed by atoms with Gasteiger partial charge in [0.1, 0.15) is 0 Å². The van der Waals surface area contributed by atoms with Crippen molar-refractivity contribution in [3.05, 3.63) is 0 Å². The SMILES string of the molecule is CCNCC(=O)NCCCCCC(=O)O. The standard InChI is InChI=1S/C10H20N2O3/c1-2-11-8-9(13)12-7-5-3-4-6-10(14)15/h11H,2-8H2,1H3,(H,12,13)(H,14,15). The van der Waals surface area contributed by atoms with E-state index in [2.05, 4.69) is 10.6 Å². The molecule has 0 unspecified atom stereocenters. The van der Waals surface area contributed by atoms with Crippen molar-refractivity contribution >= 4 is 11.9 Å². The van der Waals surface area contributed by atoms with Gasteiger partial charge in [0, 0.05) is 13.0 Å². The number of rotatable bonds is 9. The molecule has 0 bridgehead atoms. The van der Waals surface area contributed by atoms with E-state index in [4.69, 9.17) is 5.11 Å². The van der Waals surface area contributed by atoms with Crippen molar-refractivity contribution in [2.24, 2.45) is 0 Å². The quantitative estimate of drug-likeness (QED) is 0.486. The van der Waals surface area contributed by atoms with E-state index in [1.54, 1.807) is 0 Å². The summed E-state index contributed by atoms with van der Waals surface area (Å²) >= 11 is 0. The molecule has 0 aliphatic heterocycles. The molecule has 1 amide bonds. The van der Waals surface area contributed by atoms with Crippen LogP contribution in [-0.2, 0) is 9.59 Å². The zero-order valence-corrected chi connectivity index (χ0v) is 9.21. The highest BCUT2D eigenvalue weighted by atomic mass is 16.4. The third-order valence-corrected chi connectivity index (χ3v) is 1.93. The Morgan fingerprint density at radius 2 is 1.93 bits per heavy atom. The van der Waals surface area contributed by atoms with Gasteiger partial charge in [0.05, 0.1) is 6.54 Å². The number of hydrogen-bond acceptors (Lipinski definition) is 3. The van der Waals surface area contributed by atoms with Crippen LogP contribution in [0.5, 0.6) is 0 Å². The summed E-state index contributed by atoms with van der Waals surface area (Å²) in [6.07, 6.45) is 2.57. The van der Waals surface area contributed by atoms with E-state index in [1.165, 1.54) is 0 Å². The third kappa shape index (κ3) is 10.8. The minimum Gasteiger partial charge on any atom is -0.481 e. The molecule has 88 valence electrons. The van der Waals surface area contributed by atoms with Crippen LogP contribution in [0.25, 0.3) is 0 Å². The van der Waals surface area contributed by atoms with Crippen molar-refractivity contribution in [2.45, 2.75) is 32.6 Å². The molecule has 15 heavy (non-hydrogen) atoms. The number of unbranched alkanes of at least 4 members (excludes halogenated alkanes) is 2. The number of aliphatic carboxylic acids is 1. The predicted molar refractivity (Wildman–Crippen MR) is 57.7 cm³/mol. The number of carbonyl (C=O) groups excluding carboxylic acids is 1. The number of carbonyl (C=O) groups is 2. The minimum atomic E-state index is -0.758.